The van der Waals surface area contributed by atoms with Crippen molar-refractivity contribution in [2.75, 3.05) is 0 Å². The molecule has 0 saturated carbocycles. The first-order valence-corrected chi connectivity index (χ1v) is 15.5. The maximum Gasteiger partial charge on any atom is 0.184 e. The Morgan fingerprint density at radius 2 is 1.00 bits per heavy atom. The molecule has 1 N–H and O–H groups in total. The van der Waals surface area contributed by atoms with Crippen molar-refractivity contribution in [1.29, 1.82) is 0 Å². The van der Waals surface area contributed by atoms with Crippen LogP contribution in [0.1, 0.15) is 155 Å². The minimum absolute atomic E-state index is 0.0897. The van der Waals surface area contributed by atoms with Gasteiger partial charge in [-0.2, -0.15) is 0 Å². The fraction of sp³-hybridized carbons (Fsp3) is 0.862. The lowest BCUT2D eigenvalue weighted by molar-refractivity contribution is -0.121. The molecule has 4 heteroatoms. The van der Waals surface area contributed by atoms with Gasteiger partial charge in [0.05, 0.1) is 20.8 Å². The topological polar surface area (TPSA) is 37.3 Å². The Morgan fingerprint density at radius 1 is 0.667 bits per heavy atom. The van der Waals surface area contributed by atoms with E-state index in [1.165, 1.54) is 127 Å². The lowest BCUT2D eigenvalue weighted by Gasteiger charge is -2.27. The first-order valence-electron chi connectivity index (χ1n) is 14.2. The van der Waals surface area contributed by atoms with Crippen molar-refractivity contribution < 1.29 is 9.90 Å². The van der Waals surface area contributed by atoms with Gasteiger partial charge in [0.2, 0.25) is 0 Å². The van der Waals surface area contributed by atoms with E-state index in [0.717, 1.165) is 36.1 Å². The Morgan fingerprint density at radius 3 is 1.30 bits per heavy atom. The average Bonchev–Trinajstić information content (AvgIpc) is 3.06. The van der Waals surface area contributed by atoms with Gasteiger partial charge in [0.1, 0.15) is 0 Å². The molecule has 0 aromatic heterocycles. The lowest BCUT2D eigenvalue weighted by Crippen LogP contribution is -2.32. The number of aliphatic hydroxyl groups excluding tert-OH is 1. The van der Waals surface area contributed by atoms with E-state index in [1.54, 1.807) is 0 Å². The Labute approximate surface area is 215 Å². The van der Waals surface area contributed by atoms with Crippen LogP contribution in [0.5, 0.6) is 0 Å². The third kappa shape index (κ3) is 12.3. The van der Waals surface area contributed by atoms with Crippen LogP contribution in [0.4, 0.5) is 0 Å². The Balaban J connectivity index is 2.31. The van der Waals surface area contributed by atoms with Crippen LogP contribution >= 0.6 is 24.0 Å². The minimum Gasteiger partial charge on any atom is -0.514 e. The van der Waals surface area contributed by atoms with Crippen molar-refractivity contribution in [3.63, 3.8) is 0 Å². The molecule has 0 spiro atoms. The Bertz CT molecular complexity index is 532. The van der Waals surface area contributed by atoms with Gasteiger partial charge < -0.3 is 5.11 Å². The second-order valence-electron chi connectivity index (χ2n) is 10.2. The molecule has 2 nitrogen and oxygen atoms in total. The molecular weight excluding hydrogens is 444 g/mol. The molecule has 1 fully saturated rings. The quantitative estimate of drug-likeness (QED) is 0.0699. The highest BCUT2D eigenvalue weighted by Gasteiger charge is 2.49. The standard InChI is InChI=1S/C29H52O2S2/c1-3-5-7-9-11-13-15-17-19-21-23-29(27(31)26(25-30)33-28(29)32)24-22-20-18-16-14-12-10-8-6-4-2/h25,30H,3-24H2,1-2H3. The number of allylic oxidation sites excluding steroid dienone is 1. The summed E-state index contributed by atoms with van der Waals surface area (Å²) in [5, 5.41) is 9.52. The molecule has 0 bridgehead atoms. The predicted octanol–water partition coefficient (Wildman–Crippen LogP) is 10.6. The molecule has 0 radical (unpaired) electrons. The summed E-state index contributed by atoms with van der Waals surface area (Å²) in [5.74, 6) is 0.0897. The number of hydrogen-bond donors (Lipinski definition) is 1. The fourth-order valence-corrected chi connectivity index (χ4v) is 6.64. The molecule has 1 aliphatic rings. The zero-order valence-electron chi connectivity index (χ0n) is 21.8. The highest BCUT2D eigenvalue weighted by atomic mass is 32.2. The smallest absolute Gasteiger partial charge is 0.184 e. The molecule has 33 heavy (non-hydrogen) atoms. The number of hydrogen-bond acceptors (Lipinski definition) is 4. The number of carbonyl (C=O) groups is 1. The highest BCUT2D eigenvalue weighted by Crippen LogP contribution is 2.49. The van der Waals surface area contributed by atoms with Crippen molar-refractivity contribution >= 4 is 34.0 Å². The van der Waals surface area contributed by atoms with Crippen LogP contribution in [0.2, 0.25) is 0 Å². The molecule has 0 atom stereocenters. The average molecular weight is 497 g/mol. The zero-order valence-corrected chi connectivity index (χ0v) is 23.4. The first-order chi connectivity index (χ1) is 16.1. The van der Waals surface area contributed by atoms with Gasteiger partial charge in [-0.3, -0.25) is 4.79 Å². The van der Waals surface area contributed by atoms with Crippen LogP contribution in [-0.4, -0.2) is 15.1 Å². The number of Topliss-reactive ketones (excluding diaryl/α,β-unsaturated/α-hetero) is 1. The second-order valence-corrected chi connectivity index (χ2v) is 11.9. The summed E-state index contributed by atoms with van der Waals surface area (Å²) in [4.78, 5) is 13.6. The number of thiocarbonyl (C=S) groups is 1. The third-order valence-corrected chi connectivity index (χ3v) is 9.01. The number of thioether (sulfide) groups is 1. The van der Waals surface area contributed by atoms with Crippen LogP contribution < -0.4 is 0 Å². The number of ketones is 1. The van der Waals surface area contributed by atoms with E-state index in [2.05, 4.69) is 13.8 Å². The van der Waals surface area contributed by atoms with Crippen LogP contribution in [0.3, 0.4) is 0 Å². The van der Waals surface area contributed by atoms with Crippen LogP contribution in [-0.2, 0) is 4.79 Å². The molecule has 192 valence electrons. The van der Waals surface area contributed by atoms with Crippen LogP contribution in [0.15, 0.2) is 11.2 Å². The molecule has 1 saturated heterocycles. The number of unbranched alkanes of at least 4 members (excludes halogenated alkanes) is 18. The van der Waals surface area contributed by atoms with Gasteiger partial charge in [0.15, 0.2) is 5.78 Å². The summed E-state index contributed by atoms with van der Waals surface area (Å²) in [6, 6.07) is 0. The maximum atomic E-state index is 13.1. The summed E-state index contributed by atoms with van der Waals surface area (Å²) in [5.41, 5.74) is -0.505. The Hall–Kier alpha value is -0.350. The molecule has 0 aliphatic carbocycles. The van der Waals surface area contributed by atoms with Crippen molar-refractivity contribution in [1.82, 2.24) is 0 Å². The van der Waals surface area contributed by atoms with Gasteiger partial charge in [-0.1, -0.05) is 166 Å². The molecule has 1 rings (SSSR count). The van der Waals surface area contributed by atoms with E-state index < -0.39 is 5.41 Å². The second kappa shape index (κ2) is 19.9. The van der Waals surface area contributed by atoms with Gasteiger partial charge in [0.25, 0.3) is 0 Å². The van der Waals surface area contributed by atoms with Crippen molar-refractivity contribution in [3.05, 3.63) is 11.2 Å². The predicted molar refractivity (Wildman–Crippen MR) is 151 cm³/mol. The molecule has 0 aromatic rings. The lowest BCUT2D eigenvalue weighted by atomic mass is 9.76. The normalized spacial score (nSPS) is 16.8. The zero-order chi connectivity index (χ0) is 24.2. The third-order valence-electron chi connectivity index (χ3n) is 7.28. The van der Waals surface area contributed by atoms with Crippen LogP contribution in [0.25, 0.3) is 0 Å². The van der Waals surface area contributed by atoms with Gasteiger partial charge >= 0.3 is 0 Å². The van der Waals surface area contributed by atoms with E-state index in [-0.39, 0.29) is 5.78 Å². The fourth-order valence-electron chi connectivity index (χ4n) is 5.04. The Kier molecular flexibility index (Phi) is 18.5. The van der Waals surface area contributed by atoms with E-state index in [9.17, 15) is 9.90 Å². The van der Waals surface area contributed by atoms with E-state index in [1.807, 2.05) is 0 Å². The summed E-state index contributed by atoms with van der Waals surface area (Å²) in [7, 11) is 0. The largest absolute Gasteiger partial charge is 0.514 e. The van der Waals surface area contributed by atoms with Gasteiger partial charge in [-0.15, -0.1) is 0 Å². The maximum absolute atomic E-state index is 13.1. The van der Waals surface area contributed by atoms with E-state index in [4.69, 9.17) is 12.2 Å². The summed E-state index contributed by atoms with van der Waals surface area (Å²) >= 11 is 7.04. The monoisotopic (exact) mass is 496 g/mol. The molecule has 0 aromatic carbocycles. The number of aliphatic hydroxyl groups is 1. The van der Waals surface area contributed by atoms with Crippen molar-refractivity contribution in [2.24, 2.45) is 5.41 Å². The summed E-state index contributed by atoms with van der Waals surface area (Å²) < 4.78 is 0.805. The SMILES string of the molecule is CCCCCCCCCCCCC1(CCCCCCCCCCCC)C(=O)C(=CO)SC1=S. The molecule has 0 unspecified atom stereocenters. The summed E-state index contributed by atoms with van der Waals surface area (Å²) in [6.45, 7) is 4.53. The van der Waals surface area contributed by atoms with Crippen molar-refractivity contribution in [2.45, 2.75) is 155 Å². The van der Waals surface area contributed by atoms with Gasteiger partial charge in [-0.05, 0) is 12.8 Å². The highest BCUT2D eigenvalue weighted by molar-refractivity contribution is 8.27. The van der Waals surface area contributed by atoms with E-state index >= 15 is 0 Å². The van der Waals surface area contributed by atoms with Gasteiger partial charge in [-0.25, -0.2) is 0 Å². The molecule has 0 amide bonds. The number of carbonyl (C=O) groups excluding carboxylic acids is 1. The molecular formula is C29H52O2S2. The first kappa shape index (κ1) is 30.7. The van der Waals surface area contributed by atoms with E-state index in [0.29, 0.717) is 4.91 Å². The molecule has 1 aliphatic heterocycles. The molecule has 1 heterocycles. The van der Waals surface area contributed by atoms with Gasteiger partial charge in [0, 0.05) is 0 Å². The summed E-state index contributed by atoms with van der Waals surface area (Å²) in [6.07, 6.45) is 28.7. The van der Waals surface area contributed by atoms with Crippen LogP contribution in [0, 0.1) is 5.41 Å². The number of rotatable bonds is 22. The minimum atomic E-state index is -0.505. The van der Waals surface area contributed by atoms with Crippen molar-refractivity contribution in [3.8, 4) is 0 Å².